The molecule has 0 radical (unpaired) electrons. The van der Waals surface area contributed by atoms with Crippen molar-refractivity contribution in [1.29, 1.82) is 0 Å². The molecular weight excluding hydrogens is 429 g/mol. The minimum atomic E-state index is -0.323. The molecule has 2 aliphatic rings. The van der Waals surface area contributed by atoms with Crippen LogP contribution in [0.15, 0.2) is 67.1 Å². The molecule has 0 bridgehead atoms. The van der Waals surface area contributed by atoms with Gasteiger partial charge in [0.15, 0.2) is 5.82 Å². The van der Waals surface area contributed by atoms with E-state index in [1.54, 1.807) is 0 Å². The fourth-order valence-electron chi connectivity index (χ4n) is 5.34. The standard InChI is InChI=1S/C27H28FN5O/c1-30(2)13-21-16-31(17-26(21)34)23-7-8-24-20(11-23)15-32-14-19(18-3-5-22(28)6-4-18)12-25(32)27-29-9-10-33(24)27/h3-12,14,21,26,34H,13,15-17H2,1-2H3/t21-,26+/m1/s1. The van der Waals surface area contributed by atoms with Gasteiger partial charge in [-0.1, -0.05) is 12.1 Å². The van der Waals surface area contributed by atoms with Gasteiger partial charge in [0.25, 0.3) is 0 Å². The SMILES string of the molecule is CN(C)C[C@@H]1CN(c2ccc3c(c2)Cn2cc(-c4ccc(F)cc4)cc2-c2nccn2-3)C[C@@H]1O. The Hall–Kier alpha value is -3.42. The normalized spacial score (nSPS) is 19.1. The van der Waals surface area contributed by atoms with Crippen molar-refractivity contribution in [2.45, 2.75) is 12.6 Å². The first-order chi connectivity index (χ1) is 16.5. The fraction of sp³-hybridized carbons (Fsp3) is 0.296. The number of anilines is 1. The zero-order valence-electron chi connectivity index (χ0n) is 19.4. The summed E-state index contributed by atoms with van der Waals surface area (Å²) < 4.78 is 17.8. The lowest BCUT2D eigenvalue weighted by molar-refractivity contribution is 0.130. The Morgan fingerprint density at radius 1 is 1.06 bits per heavy atom. The highest BCUT2D eigenvalue weighted by Crippen LogP contribution is 2.36. The summed E-state index contributed by atoms with van der Waals surface area (Å²) in [7, 11) is 4.10. The van der Waals surface area contributed by atoms with Crippen molar-refractivity contribution < 1.29 is 9.50 Å². The first-order valence-corrected chi connectivity index (χ1v) is 11.7. The molecule has 174 valence electrons. The molecule has 0 amide bonds. The van der Waals surface area contributed by atoms with Gasteiger partial charge in [0.2, 0.25) is 0 Å². The summed E-state index contributed by atoms with van der Waals surface area (Å²) in [5.41, 5.74) is 6.50. The second kappa shape index (κ2) is 8.11. The van der Waals surface area contributed by atoms with Crippen molar-refractivity contribution in [3.05, 3.63) is 78.5 Å². The number of halogens is 1. The molecule has 0 unspecified atom stereocenters. The topological polar surface area (TPSA) is 49.5 Å². The van der Waals surface area contributed by atoms with E-state index in [2.05, 4.69) is 68.5 Å². The van der Waals surface area contributed by atoms with E-state index in [4.69, 9.17) is 0 Å². The van der Waals surface area contributed by atoms with Gasteiger partial charge in [0, 0.05) is 61.9 Å². The van der Waals surface area contributed by atoms with Gasteiger partial charge in [0.05, 0.1) is 17.5 Å². The summed E-state index contributed by atoms with van der Waals surface area (Å²) in [5, 5.41) is 10.6. The minimum absolute atomic E-state index is 0.235. The number of aromatic nitrogens is 3. The summed E-state index contributed by atoms with van der Waals surface area (Å²) in [6.45, 7) is 3.08. The highest BCUT2D eigenvalue weighted by atomic mass is 19.1. The average molecular weight is 458 g/mol. The Labute approximate surface area is 198 Å². The third kappa shape index (κ3) is 3.61. The van der Waals surface area contributed by atoms with Crippen LogP contribution in [0.1, 0.15) is 5.56 Å². The van der Waals surface area contributed by atoms with Crippen LogP contribution in [0.4, 0.5) is 10.1 Å². The molecule has 0 aliphatic carbocycles. The van der Waals surface area contributed by atoms with Crippen LogP contribution in [0.3, 0.4) is 0 Å². The summed E-state index contributed by atoms with van der Waals surface area (Å²) in [6.07, 6.45) is 5.63. The molecule has 0 spiro atoms. The molecule has 1 fully saturated rings. The molecule has 1 N–H and O–H groups in total. The lowest BCUT2D eigenvalue weighted by Gasteiger charge is -2.21. The molecule has 4 heterocycles. The van der Waals surface area contributed by atoms with Crippen LogP contribution >= 0.6 is 0 Å². The Kier molecular flexibility index (Phi) is 5.04. The lowest BCUT2D eigenvalue weighted by atomic mass is 10.1. The molecule has 1 saturated heterocycles. The first-order valence-electron chi connectivity index (χ1n) is 11.7. The maximum Gasteiger partial charge on any atom is 0.161 e. The maximum absolute atomic E-state index is 13.4. The smallest absolute Gasteiger partial charge is 0.161 e. The van der Waals surface area contributed by atoms with Crippen molar-refractivity contribution >= 4 is 5.69 Å². The van der Waals surface area contributed by atoms with Gasteiger partial charge in [-0.05, 0) is 61.6 Å². The first kappa shape index (κ1) is 21.1. The molecule has 6 nitrogen and oxygen atoms in total. The Morgan fingerprint density at radius 2 is 1.88 bits per heavy atom. The van der Waals surface area contributed by atoms with E-state index in [0.29, 0.717) is 13.1 Å². The molecule has 2 aromatic heterocycles. The Bertz CT molecular complexity index is 1340. The Balaban J connectivity index is 1.37. The average Bonchev–Trinajstić information content (AvgIpc) is 3.52. The number of aliphatic hydroxyl groups excluding tert-OH is 1. The zero-order valence-corrected chi connectivity index (χ0v) is 19.4. The zero-order chi connectivity index (χ0) is 23.4. The number of hydrogen-bond donors (Lipinski definition) is 1. The highest BCUT2D eigenvalue weighted by Gasteiger charge is 2.32. The van der Waals surface area contributed by atoms with E-state index in [9.17, 15) is 9.50 Å². The number of β-amino-alcohol motifs (C(OH)–C–C–N with tert-alkyl or cyclic N) is 1. The van der Waals surface area contributed by atoms with E-state index in [-0.39, 0.29) is 17.8 Å². The maximum atomic E-state index is 13.4. The van der Waals surface area contributed by atoms with E-state index < -0.39 is 0 Å². The van der Waals surface area contributed by atoms with Crippen LogP contribution in [-0.2, 0) is 6.54 Å². The van der Waals surface area contributed by atoms with Crippen LogP contribution in [0.25, 0.3) is 28.3 Å². The molecule has 2 aromatic carbocycles. The van der Waals surface area contributed by atoms with Gasteiger partial charge in [-0.15, -0.1) is 0 Å². The predicted molar refractivity (Wildman–Crippen MR) is 132 cm³/mol. The highest BCUT2D eigenvalue weighted by molar-refractivity contribution is 5.72. The largest absolute Gasteiger partial charge is 0.391 e. The quantitative estimate of drug-likeness (QED) is 0.445. The summed E-state index contributed by atoms with van der Waals surface area (Å²) in [5.74, 6) is 0.896. The Morgan fingerprint density at radius 3 is 2.68 bits per heavy atom. The third-order valence-corrected chi connectivity index (χ3v) is 6.98. The van der Waals surface area contributed by atoms with Crippen molar-refractivity contribution in [1.82, 2.24) is 19.0 Å². The lowest BCUT2D eigenvalue weighted by Crippen LogP contribution is -2.29. The number of nitrogens with zero attached hydrogens (tertiary/aromatic N) is 5. The number of fused-ring (bicyclic) bond motifs is 5. The van der Waals surface area contributed by atoms with Crippen molar-refractivity contribution in [2.75, 3.05) is 38.6 Å². The number of hydrogen-bond acceptors (Lipinski definition) is 4. The van der Waals surface area contributed by atoms with E-state index in [0.717, 1.165) is 47.1 Å². The van der Waals surface area contributed by atoms with Crippen molar-refractivity contribution in [3.63, 3.8) is 0 Å². The van der Waals surface area contributed by atoms with Crippen LogP contribution in [0, 0.1) is 11.7 Å². The molecular formula is C27H28FN5O. The fourth-order valence-corrected chi connectivity index (χ4v) is 5.34. The molecule has 0 saturated carbocycles. The van der Waals surface area contributed by atoms with E-state index in [1.165, 1.54) is 17.7 Å². The van der Waals surface area contributed by atoms with Crippen LogP contribution in [0.2, 0.25) is 0 Å². The van der Waals surface area contributed by atoms with Crippen molar-refractivity contribution in [2.24, 2.45) is 5.92 Å². The number of aliphatic hydroxyl groups is 1. The predicted octanol–water partition coefficient (Wildman–Crippen LogP) is 3.87. The number of rotatable bonds is 4. The summed E-state index contributed by atoms with van der Waals surface area (Å²) >= 11 is 0. The second-order valence-corrected chi connectivity index (χ2v) is 9.68. The molecule has 4 aromatic rings. The van der Waals surface area contributed by atoms with Gasteiger partial charge in [-0.25, -0.2) is 9.37 Å². The van der Waals surface area contributed by atoms with E-state index in [1.807, 2.05) is 24.5 Å². The molecule has 7 heteroatoms. The van der Waals surface area contributed by atoms with Gasteiger partial charge in [-0.2, -0.15) is 0 Å². The number of imidazole rings is 1. The second-order valence-electron chi connectivity index (χ2n) is 9.68. The van der Waals surface area contributed by atoms with Gasteiger partial charge in [0.1, 0.15) is 5.82 Å². The summed E-state index contributed by atoms with van der Waals surface area (Å²) in [6, 6.07) is 15.3. The minimum Gasteiger partial charge on any atom is -0.391 e. The van der Waals surface area contributed by atoms with Gasteiger partial charge >= 0.3 is 0 Å². The number of benzene rings is 2. The van der Waals surface area contributed by atoms with Gasteiger partial charge < -0.3 is 19.5 Å². The van der Waals surface area contributed by atoms with E-state index >= 15 is 0 Å². The molecule has 6 rings (SSSR count). The summed E-state index contributed by atoms with van der Waals surface area (Å²) in [4.78, 5) is 9.09. The van der Waals surface area contributed by atoms with Gasteiger partial charge in [-0.3, -0.25) is 4.57 Å². The van der Waals surface area contributed by atoms with Crippen LogP contribution in [0.5, 0.6) is 0 Å². The molecule has 2 atom stereocenters. The molecule has 34 heavy (non-hydrogen) atoms. The third-order valence-electron chi connectivity index (χ3n) is 6.98. The van der Waals surface area contributed by atoms with Crippen molar-refractivity contribution in [3.8, 4) is 28.3 Å². The van der Waals surface area contributed by atoms with Crippen LogP contribution in [-0.4, -0.2) is 64.0 Å². The van der Waals surface area contributed by atoms with Crippen LogP contribution < -0.4 is 4.90 Å². The molecule has 2 aliphatic heterocycles. The monoisotopic (exact) mass is 457 g/mol.